The number of nitrogens with two attached hydrogens (primary N) is 2. The van der Waals surface area contributed by atoms with E-state index in [0.717, 1.165) is 70.5 Å². The van der Waals surface area contributed by atoms with Gasteiger partial charge in [0.1, 0.15) is 29.0 Å². The van der Waals surface area contributed by atoms with Gasteiger partial charge < -0.3 is 21.4 Å². The van der Waals surface area contributed by atoms with Crippen LogP contribution in [0.1, 0.15) is 176 Å². The van der Waals surface area contributed by atoms with Gasteiger partial charge in [-0.1, -0.05) is 27.7 Å². The number of carbonyl (C=O) groups excluding carboxylic acids is 2. The Hall–Kier alpha value is -6.64. The maximum atomic E-state index is 13.3. The minimum Gasteiger partial charge on any atom is -0.412 e. The predicted octanol–water partition coefficient (Wildman–Crippen LogP) is 11.3. The van der Waals surface area contributed by atoms with E-state index in [0.29, 0.717) is 74.3 Å². The zero-order chi connectivity index (χ0) is 61.7. The summed E-state index contributed by atoms with van der Waals surface area (Å²) in [4.78, 5) is 46.6. The summed E-state index contributed by atoms with van der Waals surface area (Å²) in [5.41, 5.74) is 8.60. The van der Waals surface area contributed by atoms with Gasteiger partial charge in [0, 0.05) is 115 Å². The monoisotopic (exact) mass is 1210 g/mol. The lowest BCUT2D eigenvalue weighted by molar-refractivity contribution is -0.125. The van der Waals surface area contributed by atoms with Gasteiger partial charge in [0.05, 0.1) is 23.5 Å². The maximum Gasteiger partial charge on any atom is 0.252 e. The highest BCUT2D eigenvalue weighted by molar-refractivity contribution is 6.28. The molecule has 6 heterocycles. The Morgan fingerprint density at radius 1 is 0.571 bits per heavy atom. The summed E-state index contributed by atoms with van der Waals surface area (Å²) >= 11 is 5.73. The Balaban J connectivity index is 0.000000289. The van der Waals surface area contributed by atoms with Crippen LogP contribution in [0.3, 0.4) is 0 Å². The van der Waals surface area contributed by atoms with E-state index in [4.69, 9.17) is 11.6 Å². The first-order chi connectivity index (χ1) is 39.2. The molecule has 0 amide bonds. The number of hydrogen-bond acceptors (Lipinski definition) is 16. The number of nitrogens with zero attached hydrogens (tertiary/aromatic N) is 11. The third-order valence-electron chi connectivity index (χ3n) is 13.6. The van der Waals surface area contributed by atoms with Crippen LogP contribution >= 0.6 is 11.6 Å². The molecule has 3 aliphatic carbocycles. The number of hydrogen-bond donors (Lipinski definition) is 6. The van der Waals surface area contributed by atoms with Crippen molar-refractivity contribution in [1.82, 2.24) is 59.7 Å². The molecule has 0 aromatic carbocycles. The van der Waals surface area contributed by atoms with Gasteiger partial charge in [-0.25, -0.2) is 55.6 Å². The molecule has 9 rings (SSSR count). The van der Waals surface area contributed by atoms with Crippen molar-refractivity contribution in [3.05, 3.63) is 92.9 Å². The van der Waals surface area contributed by atoms with Crippen LogP contribution < -0.4 is 27.6 Å². The highest BCUT2D eigenvalue weighted by atomic mass is 35.5. The number of aromatic amines is 1. The van der Waals surface area contributed by atoms with Gasteiger partial charge in [-0.2, -0.15) is 25.3 Å². The first-order valence-electron chi connectivity index (χ1n) is 28.3. The molecule has 84 heavy (non-hydrogen) atoms. The minimum absolute atomic E-state index is 0. The number of rotatable bonds is 14. The van der Waals surface area contributed by atoms with Crippen LogP contribution in [0.2, 0.25) is 5.28 Å². The molecule has 6 aromatic rings. The summed E-state index contributed by atoms with van der Waals surface area (Å²) in [5, 5.41) is 25.7. The Morgan fingerprint density at radius 2 is 0.988 bits per heavy atom. The van der Waals surface area contributed by atoms with Gasteiger partial charge in [-0.3, -0.25) is 26.4 Å². The maximum absolute atomic E-state index is 13.3. The summed E-state index contributed by atoms with van der Waals surface area (Å²) < 4.78 is 82.6. The predicted molar refractivity (Wildman–Crippen MR) is 316 cm³/mol. The van der Waals surface area contributed by atoms with Gasteiger partial charge in [0.2, 0.25) is 23.1 Å². The van der Waals surface area contributed by atoms with Crippen LogP contribution in [0.15, 0.2) is 36.4 Å². The number of Topliss-reactive ketones (excluding diaryl/α,β-unsaturated/α-hetero) is 2. The molecule has 0 spiro atoms. The number of hydrazine groups is 1. The number of nitrogens with one attached hydrogen (secondary N) is 4. The Morgan fingerprint density at radius 3 is 1.32 bits per heavy atom. The number of aryl methyl sites for hydroxylation is 9. The van der Waals surface area contributed by atoms with E-state index < -0.39 is 17.8 Å². The smallest absolute Gasteiger partial charge is 0.252 e. The first kappa shape index (κ1) is 71.6. The van der Waals surface area contributed by atoms with Crippen LogP contribution in [0, 0.1) is 41.5 Å². The van der Waals surface area contributed by atoms with Gasteiger partial charge in [0.15, 0.2) is 0 Å². The Bertz CT molecular complexity index is 2940. The van der Waals surface area contributed by atoms with E-state index in [2.05, 4.69) is 105 Å². The molecule has 0 saturated heterocycles. The lowest BCUT2D eigenvalue weighted by Crippen LogP contribution is -2.32. The molecule has 3 fully saturated rings. The number of ketones is 2. The van der Waals surface area contributed by atoms with Crippen LogP contribution in [-0.4, -0.2) is 113 Å². The highest BCUT2D eigenvalue weighted by Crippen LogP contribution is 2.36. The molecule has 10 N–H and O–H groups in total. The molecule has 6 aromatic heterocycles. The molecular weight excluding hydrogens is 1120 g/mol. The van der Waals surface area contributed by atoms with Crippen molar-refractivity contribution in [2.75, 3.05) is 16.0 Å². The van der Waals surface area contributed by atoms with Crippen molar-refractivity contribution in [1.29, 1.82) is 0 Å². The summed E-state index contributed by atoms with van der Waals surface area (Å²) in [6.45, 7) is 20.9. The van der Waals surface area contributed by atoms with Crippen molar-refractivity contribution in [3.63, 3.8) is 0 Å². The van der Waals surface area contributed by atoms with Gasteiger partial charge >= 0.3 is 0 Å². The van der Waals surface area contributed by atoms with Gasteiger partial charge in [-0.05, 0) is 136 Å². The number of H-pyrrole nitrogens is 1. The summed E-state index contributed by atoms with van der Waals surface area (Å²) in [7, 11) is 0. The fourth-order valence-corrected chi connectivity index (χ4v) is 9.40. The van der Waals surface area contributed by atoms with Crippen LogP contribution in [0.25, 0.3) is 11.9 Å². The number of carbonyl (C=O) groups is 2. The second-order valence-electron chi connectivity index (χ2n) is 21.1. The molecule has 3 aliphatic rings. The minimum atomic E-state index is -2.52. The highest BCUT2D eigenvalue weighted by Gasteiger charge is 2.37. The number of aromatic nitrogens is 12. The van der Waals surface area contributed by atoms with Crippen LogP contribution in [0.5, 0.6) is 0 Å². The fourth-order valence-electron chi connectivity index (χ4n) is 9.18. The lowest BCUT2D eigenvalue weighted by atomic mass is 9.92. The topological polar surface area (TPSA) is 295 Å². The van der Waals surface area contributed by atoms with E-state index in [9.17, 15) is 35.9 Å². The molecule has 0 bridgehead atoms. The van der Waals surface area contributed by atoms with E-state index in [1.165, 1.54) is 6.92 Å². The largest absolute Gasteiger partial charge is 0.412 e. The fraction of sp³-hybridized carbons (Fsp3) is 0.596. The summed E-state index contributed by atoms with van der Waals surface area (Å²) in [6.07, 6.45) is 5.57. The average Bonchev–Trinajstić information content (AvgIpc) is 4.36. The Labute approximate surface area is 493 Å². The molecular formula is C57H86ClF6N17O3. The quantitative estimate of drug-likeness (QED) is 0.0194. The number of halogens is 7. The molecule has 0 atom stereocenters. The summed E-state index contributed by atoms with van der Waals surface area (Å²) in [5.74, 6) is 3.41. The van der Waals surface area contributed by atoms with E-state index >= 15 is 0 Å². The standard InChI is InChI=1S/2C17H23F2N5.C11H14ClF2N3.C6H10N2.C6H10O2.H4N2.H2O/c1-4-14-9-12(3)23-24(14)16-20-11(2)10-15(22-16)21-13-5-7-17(18,19)8-6-13;1-4-13-10-12(3)24(23-13)16-20-11(2)9-15(22-16)21-14-5-7-17(18,19)8-6-14;1-7-6-9(17-10(12)15-7)16-8-2-4-11(13,14)5-3-8;1-3-6-4-5(2)7-8-6;1-3-6(8)4-5(2)7;1-2;/h9-10,13H,4-8H2,1-3H3,(H,20,21,22);9-10,14H,4-8H2,1-3H3,(H,20,21,22);6,8H,2-5H2,1H3,(H,15,16,17);4H,3H2,1-2H3,(H,7,8);3-4H2,1-2H3;1-2H2;1H2. The normalized spacial score (nSPS) is 16.1. The SMILES string of the molecule is CCC(=O)CC(C)=O.CCc1cc(C)[nH]n1.CCc1cc(C)n(-c2nc(C)cc(NC3CCC(F)(F)CC3)n2)n1.CCc1cc(C)nn1-c1nc(C)cc(NC2CCC(F)(F)CC2)n1.Cc1cc(NC2CCC(F)(F)CC2)nc(Cl)n1.NN.O. The van der Waals surface area contributed by atoms with Crippen molar-refractivity contribution in [3.8, 4) is 11.9 Å². The molecule has 20 nitrogen and oxygen atoms in total. The zero-order valence-electron chi connectivity index (χ0n) is 50.3. The second kappa shape index (κ2) is 33.7. The molecule has 3 saturated carbocycles. The third-order valence-corrected chi connectivity index (χ3v) is 13.8. The Kier molecular flexibility index (Phi) is 28.8. The first-order valence-corrected chi connectivity index (χ1v) is 28.7. The molecule has 0 radical (unpaired) electrons. The van der Waals surface area contributed by atoms with Crippen molar-refractivity contribution in [2.24, 2.45) is 11.7 Å². The van der Waals surface area contributed by atoms with Gasteiger partial charge in [-0.15, -0.1) is 0 Å². The van der Waals surface area contributed by atoms with Crippen LogP contribution in [0.4, 0.5) is 43.8 Å². The third kappa shape index (κ3) is 24.5. The van der Waals surface area contributed by atoms with E-state index in [-0.39, 0.29) is 85.4 Å². The van der Waals surface area contributed by atoms with E-state index in [1.54, 1.807) is 22.4 Å². The second-order valence-corrected chi connectivity index (χ2v) is 21.5. The van der Waals surface area contributed by atoms with E-state index in [1.807, 2.05) is 65.8 Å². The summed E-state index contributed by atoms with van der Waals surface area (Å²) in [6, 6.07) is 11.6. The average molecular weight is 1210 g/mol. The molecule has 0 aliphatic heterocycles. The lowest BCUT2D eigenvalue weighted by Gasteiger charge is -2.29. The van der Waals surface area contributed by atoms with Crippen LogP contribution in [-0.2, 0) is 28.9 Å². The van der Waals surface area contributed by atoms with Crippen molar-refractivity contribution in [2.45, 2.75) is 221 Å². The number of alkyl halides is 6. The van der Waals surface area contributed by atoms with Crippen molar-refractivity contribution < 1.29 is 41.4 Å². The molecule has 0 unspecified atom stereocenters. The van der Waals surface area contributed by atoms with Gasteiger partial charge in [0.25, 0.3) is 11.9 Å². The molecule has 466 valence electrons. The van der Waals surface area contributed by atoms with Crippen molar-refractivity contribution >= 4 is 40.6 Å². The number of anilines is 3. The molecule has 27 heteroatoms. The zero-order valence-corrected chi connectivity index (χ0v) is 51.0.